The molecule has 0 N–H and O–H groups in total. The van der Waals surface area contributed by atoms with Gasteiger partial charge in [0.25, 0.3) is 0 Å². The van der Waals surface area contributed by atoms with Crippen molar-refractivity contribution in [2.75, 3.05) is 0 Å². The zero-order chi connectivity index (χ0) is 18.1. The van der Waals surface area contributed by atoms with E-state index in [9.17, 15) is 8.78 Å². The second-order valence-corrected chi connectivity index (χ2v) is 6.25. The van der Waals surface area contributed by atoms with Gasteiger partial charge in [0.15, 0.2) is 11.6 Å². The van der Waals surface area contributed by atoms with Gasteiger partial charge in [-0.2, -0.15) is 0 Å². The van der Waals surface area contributed by atoms with E-state index in [0.29, 0.717) is 12.1 Å². The average Bonchev–Trinajstić information content (AvgIpc) is 3.02. The van der Waals surface area contributed by atoms with Crippen LogP contribution in [0.5, 0.6) is 0 Å². The Kier molecular flexibility index (Phi) is 4.21. The summed E-state index contributed by atoms with van der Waals surface area (Å²) in [5.74, 6) is -0.929. The smallest absolute Gasteiger partial charge is 0.168 e. The molecule has 0 aliphatic heterocycles. The summed E-state index contributed by atoms with van der Waals surface area (Å²) in [5.41, 5.74) is 2.55. The SMILES string of the molecule is Cn1cc(-c2cccc(F)c2F)nc1CCc1ccc2ccccc2n1. The normalized spacial score (nSPS) is 11.2. The number of pyridine rings is 1. The molecular weight excluding hydrogens is 332 g/mol. The lowest BCUT2D eigenvalue weighted by molar-refractivity contribution is 0.511. The second-order valence-electron chi connectivity index (χ2n) is 6.25. The van der Waals surface area contributed by atoms with Gasteiger partial charge in [-0.3, -0.25) is 4.98 Å². The van der Waals surface area contributed by atoms with E-state index in [-0.39, 0.29) is 5.56 Å². The van der Waals surface area contributed by atoms with Gasteiger partial charge in [0.2, 0.25) is 0 Å². The number of aromatic nitrogens is 3. The molecule has 0 fully saturated rings. The van der Waals surface area contributed by atoms with Crippen molar-refractivity contribution in [3.63, 3.8) is 0 Å². The van der Waals surface area contributed by atoms with Crippen LogP contribution in [0.1, 0.15) is 11.5 Å². The molecule has 26 heavy (non-hydrogen) atoms. The Bertz CT molecular complexity index is 1090. The standard InChI is InChI=1S/C21H17F2N3/c1-26-13-19(16-6-4-7-17(22)21(16)23)25-20(26)12-11-15-10-9-14-5-2-3-8-18(14)24-15/h2-10,13H,11-12H2,1H3. The molecule has 2 aromatic heterocycles. The molecule has 0 radical (unpaired) electrons. The highest BCUT2D eigenvalue weighted by Crippen LogP contribution is 2.24. The average molecular weight is 349 g/mol. The number of nitrogens with zero attached hydrogens (tertiary/aromatic N) is 3. The molecule has 5 heteroatoms. The summed E-state index contributed by atoms with van der Waals surface area (Å²) in [6.45, 7) is 0. The molecule has 2 heterocycles. The van der Waals surface area contributed by atoms with E-state index in [1.165, 1.54) is 12.1 Å². The molecule has 0 spiro atoms. The fraction of sp³-hybridized carbons (Fsp3) is 0.143. The number of aryl methyl sites for hydroxylation is 3. The van der Waals surface area contributed by atoms with Gasteiger partial charge in [-0.15, -0.1) is 0 Å². The molecule has 0 aliphatic carbocycles. The third kappa shape index (κ3) is 3.08. The Hall–Kier alpha value is -3.08. The van der Waals surface area contributed by atoms with Gasteiger partial charge in [0, 0.05) is 36.3 Å². The minimum Gasteiger partial charge on any atom is -0.337 e. The quantitative estimate of drug-likeness (QED) is 0.535. The van der Waals surface area contributed by atoms with E-state index in [1.807, 2.05) is 41.9 Å². The molecule has 0 saturated heterocycles. The highest BCUT2D eigenvalue weighted by Gasteiger charge is 2.14. The monoisotopic (exact) mass is 349 g/mol. The van der Waals surface area contributed by atoms with Crippen LogP contribution in [0.25, 0.3) is 22.2 Å². The Morgan fingerprint density at radius 1 is 0.885 bits per heavy atom. The Labute approximate surface area is 150 Å². The molecule has 130 valence electrons. The van der Waals surface area contributed by atoms with Gasteiger partial charge in [0.1, 0.15) is 5.82 Å². The second kappa shape index (κ2) is 6.67. The number of imidazole rings is 1. The Morgan fingerprint density at radius 3 is 2.62 bits per heavy atom. The number of para-hydroxylation sites is 1. The predicted molar refractivity (Wildman–Crippen MR) is 97.7 cm³/mol. The van der Waals surface area contributed by atoms with Crippen LogP contribution in [-0.4, -0.2) is 14.5 Å². The fourth-order valence-electron chi connectivity index (χ4n) is 3.06. The molecule has 0 bridgehead atoms. The summed E-state index contributed by atoms with van der Waals surface area (Å²) in [5, 5.41) is 1.11. The number of fused-ring (bicyclic) bond motifs is 1. The van der Waals surface area contributed by atoms with E-state index in [1.54, 1.807) is 6.20 Å². The first-order valence-electron chi connectivity index (χ1n) is 8.43. The maximum Gasteiger partial charge on any atom is 0.168 e. The maximum atomic E-state index is 14.0. The lowest BCUT2D eigenvalue weighted by Gasteiger charge is -2.03. The number of hydrogen-bond acceptors (Lipinski definition) is 2. The molecular formula is C21H17F2N3. The van der Waals surface area contributed by atoms with Gasteiger partial charge in [-0.05, 0) is 30.7 Å². The summed E-state index contributed by atoms with van der Waals surface area (Å²) in [4.78, 5) is 9.15. The first kappa shape index (κ1) is 16.4. The fourth-order valence-corrected chi connectivity index (χ4v) is 3.06. The van der Waals surface area contributed by atoms with Crippen molar-refractivity contribution >= 4 is 10.9 Å². The summed E-state index contributed by atoms with van der Waals surface area (Å²) < 4.78 is 29.3. The summed E-state index contributed by atoms with van der Waals surface area (Å²) >= 11 is 0. The molecule has 2 aromatic carbocycles. The zero-order valence-corrected chi connectivity index (χ0v) is 14.3. The summed E-state index contributed by atoms with van der Waals surface area (Å²) in [6, 6.07) is 16.2. The van der Waals surface area contributed by atoms with Crippen LogP contribution in [0.2, 0.25) is 0 Å². The van der Waals surface area contributed by atoms with Crippen LogP contribution in [0.3, 0.4) is 0 Å². The van der Waals surface area contributed by atoms with Crippen molar-refractivity contribution in [3.8, 4) is 11.3 Å². The molecule has 0 unspecified atom stereocenters. The van der Waals surface area contributed by atoms with E-state index in [0.717, 1.165) is 34.9 Å². The van der Waals surface area contributed by atoms with Crippen molar-refractivity contribution in [3.05, 3.63) is 83.9 Å². The topological polar surface area (TPSA) is 30.7 Å². The van der Waals surface area contributed by atoms with E-state index >= 15 is 0 Å². The van der Waals surface area contributed by atoms with Crippen LogP contribution in [0.4, 0.5) is 8.78 Å². The van der Waals surface area contributed by atoms with Gasteiger partial charge >= 0.3 is 0 Å². The van der Waals surface area contributed by atoms with Gasteiger partial charge in [-0.25, -0.2) is 13.8 Å². The van der Waals surface area contributed by atoms with Crippen LogP contribution in [0, 0.1) is 11.6 Å². The molecule has 0 saturated carbocycles. The van der Waals surface area contributed by atoms with Crippen LogP contribution in [-0.2, 0) is 19.9 Å². The van der Waals surface area contributed by atoms with Crippen molar-refractivity contribution in [1.29, 1.82) is 0 Å². The third-order valence-corrected chi connectivity index (χ3v) is 4.46. The minimum atomic E-state index is -0.867. The maximum absolute atomic E-state index is 14.0. The van der Waals surface area contributed by atoms with Crippen LogP contribution < -0.4 is 0 Å². The molecule has 0 amide bonds. The van der Waals surface area contributed by atoms with Crippen molar-refractivity contribution in [2.24, 2.45) is 7.05 Å². The molecule has 0 atom stereocenters. The van der Waals surface area contributed by atoms with Gasteiger partial charge < -0.3 is 4.57 Å². The van der Waals surface area contributed by atoms with Gasteiger partial charge in [0.05, 0.1) is 11.2 Å². The zero-order valence-electron chi connectivity index (χ0n) is 14.3. The lowest BCUT2D eigenvalue weighted by Crippen LogP contribution is -2.01. The Morgan fingerprint density at radius 2 is 1.73 bits per heavy atom. The van der Waals surface area contributed by atoms with Crippen molar-refractivity contribution in [1.82, 2.24) is 14.5 Å². The summed E-state index contributed by atoms with van der Waals surface area (Å²) in [7, 11) is 1.86. The largest absolute Gasteiger partial charge is 0.337 e. The van der Waals surface area contributed by atoms with E-state index < -0.39 is 11.6 Å². The molecule has 4 aromatic rings. The van der Waals surface area contributed by atoms with Crippen molar-refractivity contribution < 1.29 is 8.78 Å². The molecule has 4 rings (SSSR count). The minimum absolute atomic E-state index is 0.177. The van der Waals surface area contributed by atoms with Crippen molar-refractivity contribution in [2.45, 2.75) is 12.8 Å². The van der Waals surface area contributed by atoms with E-state index in [2.05, 4.69) is 16.0 Å². The van der Waals surface area contributed by atoms with Crippen LogP contribution in [0.15, 0.2) is 60.8 Å². The highest BCUT2D eigenvalue weighted by atomic mass is 19.2. The Balaban J connectivity index is 1.57. The number of halogens is 2. The number of rotatable bonds is 4. The summed E-state index contributed by atoms with van der Waals surface area (Å²) in [6.07, 6.45) is 3.11. The highest BCUT2D eigenvalue weighted by molar-refractivity contribution is 5.78. The predicted octanol–water partition coefficient (Wildman–Crippen LogP) is 4.70. The first-order chi connectivity index (χ1) is 12.6. The van der Waals surface area contributed by atoms with E-state index in [4.69, 9.17) is 0 Å². The first-order valence-corrected chi connectivity index (χ1v) is 8.43. The van der Waals surface area contributed by atoms with Gasteiger partial charge in [-0.1, -0.05) is 30.3 Å². The lowest BCUT2D eigenvalue weighted by atomic mass is 10.1. The number of benzene rings is 2. The molecule has 3 nitrogen and oxygen atoms in total. The third-order valence-electron chi connectivity index (χ3n) is 4.46. The molecule has 0 aliphatic rings. The number of hydrogen-bond donors (Lipinski definition) is 0. The van der Waals surface area contributed by atoms with Crippen LogP contribution >= 0.6 is 0 Å².